The average Bonchev–Trinajstić information content (AvgIpc) is 2.95. The number of amides is 3. The van der Waals surface area contributed by atoms with Gasteiger partial charge in [0.15, 0.2) is 5.82 Å². The van der Waals surface area contributed by atoms with E-state index in [4.69, 9.17) is 0 Å². The van der Waals surface area contributed by atoms with E-state index in [2.05, 4.69) is 30.9 Å². The van der Waals surface area contributed by atoms with Crippen molar-refractivity contribution in [3.8, 4) is 11.4 Å². The Morgan fingerprint density at radius 3 is 2.30 bits per heavy atom. The first-order valence-corrected chi connectivity index (χ1v) is 12.4. The third-order valence-corrected chi connectivity index (χ3v) is 5.96. The molecule has 3 amide bonds. The van der Waals surface area contributed by atoms with E-state index in [0.717, 1.165) is 6.07 Å². The normalized spacial score (nSPS) is 13.5. The van der Waals surface area contributed by atoms with Gasteiger partial charge in [0.05, 0.1) is 5.56 Å². The second-order valence-electron chi connectivity index (χ2n) is 8.84. The molecule has 0 spiro atoms. The molecule has 0 radical (unpaired) electrons. The van der Waals surface area contributed by atoms with Crippen LogP contribution < -0.4 is 20.9 Å². The maximum absolute atomic E-state index is 13.4. The molecular weight excluding hydrogens is 529 g/mol. The van der Waals surface area contributed by atoms with Crippen molar-refractivity contribution in [3.63, 3.8) is 0 Å². The van der Waals surface area contributed by atoms with E-state index >= 15 is 0 Å². The van der Waals surface area contributed by atoms with Crippen LogP contribution in [-0.4, -0.2) is 76.8 Å². The highest BCUT2D eigenvalue weighted by atomic mass is 19.4. The molecule has 3 N–H and O–H groups in total. The fraction of sp³-hybridized carbons (Fsp3) is 0.308. The first-order valence-electron chi connectivity index (χ1n) is 12.4. The lowest BCUT2D eigenvalue weighted by Crippen LogP contribution is -2.52. The zero-order valence-corrected chi connectivity index (χ0v) is 21.5. The van der Waals surface area contributed by atoms with Gasteiger partial charge < -0.3 is 25.8 Å². The number of nitrogens with zero attached hydrogens (tertiary/aromatic N) is 5. The predicted molar refractivity (Wildman–Crippen MR) is 141 cm³/mol. The van der Waals surface area contributed by atoms with Gasteiger partial charge in [-0.15, -0.1) is 0 Å². The van der Waals surface area contributed by atoms with E-state index in [-0.39, 0.29) is 43.7 Å². The Balaban J connectivity index is 1.43. The van der Waals surface area contributed by atoms with Gasteiger partial charge >= 0.3 is 18.0 Å². The molecule has 1 aliphatic heterocycles. The smallest absolute Gasteiger partial charge is 0.368 e. The molecular formula is C26H27F3N8O3. The summed E-state index contributed by atoms with van der Waals surface area (Å²) in [5.41, 5.74) is -0.175. The van der Waals surface area contributed by atoms with Crippen LogP contribution >= 0.6 is 0 Å². The van der Waals surface area contributed by atoms with Gasteiger partial charge in [0.2, 0.25) is 5.91 Å². The highest BCUT2D eigenvalue weighted by Gasteiger charge is 2.37. The van der Waals surface area contributed by atoms with E-state index in [0.29, 0.717) is 30.3 Å². The van der Waals surface area contributed by atoms with Crippen LogP contribution in [-0.2, 0) is 20.6 Å². The van der Waals surface area contributed by atoms with E-state index < -0.39 is 23.6 Å². The van der Waals surface area contributed by atoms with Crippen molar-refractivity contribution in [2.24, 2.45) is 0 Å². The number of alkyl halides is 3. The quantitative estimate of drug-likeness (QED) is 0.299. The van der Waals surface area contributed by atoms with Gasteiger partial charge in [-0.2, -0.15) is 13.2 Å². The highest BCUT2D eigenvalue weighted by Crippen LogP contribution is 2.35. The van der Waals surface area contributed by atoms with Gasteiger partial charge in [-0.1, -0.05) is 30.3 Å². The summed E-state index contributed by atoms with van der Waals surface area (Å²) in [6.07, 6.45) is -3.28. The Morgan fingerprint density at radius 2 is 1.62 bits per heavy atom. The number of benzene rings is 1. The number of anilines is 3. The number of pyridine rings is 1. The molecule has 11 nitrogen and oxygen atoms in total. The Labute approximate surface area is 227 Å². The zero-order valence-electron chi connectivity index (χ0n) is 21.5. The molecule has 1 fully saturated rings. The molecule has 1 aromatic carbocycles. The van der Waals surface area contributed by atoms with Gasteiger partial charge in [0, 0.05) is 64.0 Å². The fourth-order valence-electron chi connectivity index (χ4n) is 4.05. The van der Waals surface area contributed by atoms with Gasteiger partial charge in [0.25, 0.3) is 0 Å². The van der Waals surface area contributed by atoms with Crippen LogP contribution in [0.25, 0.3) is 11.4 Å². The number of carbonyl (C=O) groups excluding carboxylic acids is 3. The lowest BCUT2D eigenvalue weighted by Gasteiger charge is -2.35. The number of piperazine rings is 1. The number of hydrogen-bond acceptors (Lipinski definition) is 8. The van der Waals surface area contributed by atoms with Crippen LogP contribution in [0.1, 0.15) is 12.5 Å². The van der Waals surface area contributed by atoms with E-state index in [1.54, 1.807) is 24.3 Å². The number of hydrogen-bond donors (Lipinski definition) is 3. The third kappa shape index (κ3) is 7.21. The van der Waals surface area contributed by atoms with Crippen molar-refractivity contribution in [1.29, 1.82) is 0 Å². The van der Waals surface area contributed by atoms with Crippen molar-refractivity contribution in [1.82, 2.24) is 25.2 Å². The molecule has 0 unspecified atom stereocenters. The van der Waals surface area contributed by atoms with E-state index in [1.807, 2.05) is 6.07 Å². The summed E-state index contributed by atoms with van der Waals surface area (Å²) in [6, 6.07) is 12.7. The second kappa shape index (κ2) is 12.4. The minimum Gasteiger partial charge on any atom is -0.368 e. The standard InChI is InChI=1S/C26H27F3N8O3/c1-17(38)30-10-11-31-20-16-21(34-22(33-20)18-6-3-2-4-7-18)35-24(39)25(40)37-14-12-36(13-15-37)23-19(26(27,28)29)8-5-9-32-23/h2-9,16H,10-15H2,1H3,(H,30,38)(H2,31,33,34,35,39). The molecule has 0 aliphatic carbocycles. The van der Waals surface area contributed by atoms with Crippen LogP contribution in [0, 0.1) is 0 Å². The summed E-state index contributed by atoms with van der Waals surface area (Å²) >= 11 is 0. The molecule has 40 heavy (non-hydrogen) atoms. The highest BCUT2D eigenvalue weighted by molar-refractivity contribution is 6.39. The van der Waals surface area contributed by atoms with Crippen molar-refractivity contribution >= 4 is 35.2 Å². The van der Waals surface area contributed by atoms with Crippen molar-refractivity contribution in [2.45, 2.75) is 13.1 Å². The molecule has 210 valence electrons. The molecule has 0 saturated carbocycles. The van der Waals surface area contributed by atoms with Crippen molar-refractivity contribution < 1.29 is 27.6 Å². The SMILES string of the molecule is CC(=O)NCCNc1cc(NC(=O)C(=O)N2CCN(c3ncccc3C(F)(F)F)CC2)nc(-c2ccccc2)n1. The van der Waals surface area contributed by atoms with Gasteiger partial charge in [-0.3, -0.25) is 14.4 Å². The summed E-state index contributed by atoms with van der Waals surface area (Å²) in [5, 5.41) is 8.21. The van der Waals surface area contributed by atoms with Gasteiger partial charge in [-0.25, -0.2) is 15.0 Å². The molecule has 14 heteroatoms. The monoisotopic (exact) mass is 556 g/mol. The molecule has 0 atom stereocenters. The fourth-order valence-corrected chi connectivity index (χ4v) is 4.05. The summed E-state index contributed by atoms with van der Waals surface area (Å²) in [7, 11) is 0. The summed E-state index contributed by atoms with van der Waals surface area (Å²) in [5.74, 6) is -1.41. The lowest BCUT2D eigenvalue weighted by molar-refractivity contribution is -0.143. The van der Waals surface area contributed by atoms with Gasteiger partial charge in [0.1, 0.15) is 17.5 Å². The average molecular weight is 557 g/mol. The third-order valence-electron chi connectivity index (χ3n) is 5.96. The number of carbonyl (C=O) groups is 3. The topological polar surface area (TPSA) is 132 Å². The summed E-state index contributed by atoms with van der Waals surface area (Å²) < 4.78 is 40.2. The second-order valence-corrected chi connectivity index (χ2v) is 8.84. The number of rotatable bonds is 7. The number of aromatic nitrogens is 3. The van der Waals surface area contributed by atoms with Gasteiger partial charge in [-0.05, 0) is 12.1 Å². The minimum absolute atomic E-state index is 0.0368. The molecule has 3 heterocycles. The van der Waals surface area contributed by atoms with Crippen LogP contribution in [0.4, 0.5) is 30.6 Å². The molecule has 1 aliphatic rings. The maximum atomic E-state index is 13.4. The molecule has 0 bridgehead atoms. The van der Waals surface area contributed by atoms with E-state index in [9.17, 15) is 27.6 Å². The Bertz CT molecular complexity index is 1360. The largest absolute Gasteiger partial charge is 0.419 e. The lowest BCUT2D eigenvalue weighted by atomic mass is 10.2. The Hall–Kier alpha value is -4.75. The molecule has 1 saturated heterocycles. The molecule has 3 aromatic rings. The van der Waals surface area contributed by atoms with E-state index in [1.165, 1.54) is 35.1 Å². The van der Waals surface area contributed by atoms with Crippen molar-refractivity contribution in [2.75, 3.05) is 54.8 Å². The number of halogens is 3. The first-order chi connectivity index (χ1) is 19.1. The van der Waals surface area contributed by atoms with Crippen molar-refractivity contribution in [3.05, 3.63) is 60.3 Å². The Morgan fingerprint density at radius 1 is 0.925 bits per heavy atom. The Kier molecular flexibility index (Phi) is 8.76. The maximum Gasteiger partial charge on any atom is 0.419 e. The number of nitrogens with one attached hydrogen (secondary N) is 3. The summed E-state index contributed by atoms with van der Waals surface area (Å²) in [6.45, 7) is 2.33. The summed E-state index contributed by atoms with van der Waals surface area (Å²) in [4.78, 5) is 52.3. The van der Waals surface area contributed by atoms with Crippen LogP contribution in [0.15, 0.2) is 54.7 Å². The predicted octanol–water partition coefficient (Wildman–Crippen LogP) is 2.39. The minimum atomic E-state index is -4.57. The first kappa shape index (κ1) is 28.3. The molecule has 2 aromatic heterocycles. The van der Waals surface area contributed by atoms with Crippen LogP contribution in [0.3, 0.4) is 0 Å². The zero-order chi connectivity index (χ0) is 28.7. The van der Waals surface area contributed by atoms with Crippen LogP contribution in [0.2, 0.25) is 0 Å². The molecule has 4 rings (SSSR count). The van der Waals surface area contributed by atoms with Crippen LogP contribution in [0.5, 0.6) is 0 Å².